The van der Waals surface area contributed by atoms with Crippen LogP contribution in [-0.4, -0.2) is 29.2 Å². The number of nitrogens with one attached hydrogen (secondary N) is 1. The first-order valence-corrected chi connectivity index (χ1v) is 7.71. The van der Waals surface area contributed by atoms with Crippen molar-refractivity contribution in [2.24, 2.45) is 0 Å². The van der Waals surface area contributed by atoms with Gasteiger partial charge >= 0.3 is 5.97 Å². The number of halogens is 1. The van der Waals surface area contributed by atoms with Crippen molar-refractivity contribution in [2.75, 3.05) is 11.9 Å². The molecular weight excluding hydrogens is 359 g/mol. The maximum atomic E-state index is 14.0. The van der Waals surface area contributed by atoms with Crippen LogP contribution in [0.2, 0.25) is 0 Å². The maximum absolute atomic E-state index is 14.0. The van der Waals surface area contributed by atoms with Gasteiger partial charge in [-0.05, 0) is 31.2 Å². The Morgan fingerprint density at radius 1 is 1.19 bits per heavy atom. The Morgan fingerprint density at radius 2 is 1.89 bits per heavy atom. The molecule has 0 aliphatic carbocycles. The summed E-state index contributed by atoms with van der Waals surface area (Å²) >= 11 is 0. The Bertz CT molecular complexity index is 941. The van der Waals surface area contributed by atoms with E-state index < -0.39 is 35.0 Å². The van der Waals surface area contributed by atoms with E-state index in [1.54, 1.807) is 0 Å². The number of hydrogen-bond acceptors (Lipinski definition) is 6. The van der Waals surface area contributed by atoms with Crippen LogP contribution >= 0.6 is 0 Å². The van der Waals surface area contributed by atoms with Crippen LogP contribution in [0, 0.1) is 22.9 Å². The molecule has 0 aliphatic rings. The number of nitro groups is 1. The predicted molar refractivity (Wildman–Crippen MR) is 93.2 cm³/mol. The van der Waals surface area contributed by atoms with Gasteiger partial charge in [0.15, 0.2) is 6.61 Å². The highest BCUT2D eigenvalue weighted by atomic mass is 19.1. The number of nitro benzene ring substituents is 1. The van der Waals surface area contributed by atoms with E-state index in [4.69, 9.17) is 4.74 Å². The predicted octanol–water partition coefficient (Wildman–Crippen LogP) is 3.04. The van der Waals surface area contributed by atoms with Gasteiger partial charge in [0.05, 0.1) is 16.1 Å². The van der Waals surface area contributed by atoms with Gasteiger partial charge in [0.25, 0.3) is 5.69 Å². The fourth-order valence-electron chi connectivity index (χ4n) is 2.25. The van der Waals surface area contributed by atoms with E-state index in [9.17, 15) is 28.9 Å². The van der Waals surface area contributed by atoms with Crippen molar-refractivity contribution in [1.82, 2.24) is 0 Å². The molecule has 0 unspecified atom stereocenters. The third-order valence-corrected chi connectivity index (χ3v) is 3.57. The lowest BCUT2D eigenvalue weighted by Crippen LogP contribution is -2.16. The zero-order chi connectivity index (χ0) is 20.1. The molecule has 0 bridgehead atoms. The van der Waals surface area contributed by atoms with Crippen LogP contribution in [0.1, 0.15) is 33.2 Å². The number of carbonyl (C=O) groups excluding carboxylic acids is 3. The molecule has 8 nitrogen and oxygen atoms in total. The number of ether oxygens (including phenoxy) is 1. The topological polar surface area (TPSA) is 116 Å². The molecule has 0 radical (unpaired) electrons. The first-order chi connectivity index (χ1) is 12.7. The monoisotopic (exact) mass is 374 g/mol. The van der Waals surface area contributed by atoms with Gasteiger partial charge in [-0.3, -0.25) is 19.7 Å². The normalized spacial score (nSPS) is 10.2. The summed E-state index contributed by atoms with van der Waals surface area (Å²) in [7, 11) is 0. The lowest BCUT2D eigenvalue weighted by atomic mass is 10.1. The van der Waals surface area contributed by atoms with Crippen molar-refractivity contribution in [3.63, 3.8) is 0 Å². The molecule has 140 valence electrons. The molecule has 2 aromatic rings. The van der Waals surface area contributed by atoms with Crippen LogP contribution in [0.5, 0.6) is 0 Å². The SMILES string of the molecule is CC(=O)Nc1ccc(C(=O)COC(=O)c2ccc(C)c([N+](=O)[O-])c2)c(F)c1. The Balaban J connectivity index is 2.07. The van der Waals surface area contributed by atoms with E-state index >= 15 is 0 Å². The lowest BCUT2D eigenvalue weighted by molar-refractivity contribution is -0.385. The van der Waals surface area contributed by atoms with Gasteiger partial charge in [-0.2, -0.15) is 0 Å². The standard InChI is InChI=1S/C18H15FN2O6/c1-10-3-4-12(7-16(10)21(25)26)18(24)27-9-17(23)14-6-5-13(8-15(14)19)20-11(2)22/h3-8H,9H2,1-2H3,(H,20,22). The Morgan fingerprint density at radius 3 is 2.48 bits per heavy atom. The number of rotatable bonds is 6. The molecule has 0 saturated carbocycles. The summed E-state index contributed by atoms with van der Waals surface area (Å²) in [6.45, 7) is 2.03. The molecule has 2 rings (SSSR count). The van der Waals surface area contributed by atoms with Gasteiger partial charge in [0.2, 0.25) is 11.7 Å². The summed E-state index contributed by atoms with van der Waals surface area (Å²) in [5, 5.41) is 13.3. The molecular formula is C18H15FN2O6. The van der Waals surface area contributed by atoms with Crippen LogP contribution in [0.25, 0.3) is 0 Å². The van der Waals surface area contributed by atoms with Crippen molar-refractivity contribution in [2.45, 2.75) is 13.8 Å². The van der Waals surface area contributed by atoms with Crippen LogP contribution < -0.4 is 5.32 Å². The van der Waals surface area contributed by atoms with E-state index in [1.807, 2.05) is 0 Å². The van der Waals surface area contributed by atoms with Crippen molar-refractivity contribution in [3.8, 4) is 0 Å². The molecule has 0 aliphatic heterocycles. The highest BCUT2D eigenvalue weighted by Gasteiger charge is 2.18. The van der Waals surface area contributed by atoms with Crippen LogP contribution in [0.4, 0.5) is 15.8 Å². The Labute approximate surface area is 153 Å². The van der Waals surface area contributed by atoms with Crippen molar-refractivity contribution < 1.29 is 28.4 Å². The average molecular weight is 374 g/mol. The fraction of sp³-hybridized carbons (Fsp3) is 0.167. The minimum Gasteiger partial charge on any atom is -0.454 e. The smallest absolute Gasteiger partial charge is 0.338 e. The quantitative estimate of drug-likeness (QED) is 0.360. The van der Waals surface area contributed by atoms with Crippen molar-refractivity contribution in [3.05, 3.63) is 69.0 Å². The van der Waals surface area contributed by atoms with E-state index in [1.165, 1.54) is 32.0 Å². The zero-order valence-corrected chi connectivity index (χ0v) is 14.4. The molecule has 0 spiro atoms. The van der Waals surface area contributed by atoms with Gasteiger partial charge in [-0.25, -0.2) is 9.18 Å². The minimum absolute atomic E-state index is 0.0958. The summed E-state index contributed by atoms with van der Waals surface area (Å²) in [4.78, 5) is 45.3. The van der Waals surface area contributed by atoms with Crippen LogP contribution in [0.15, 0.2) is 36.4 Å². The third kappa shape index (κ3) is 4.94. The fourth-order valence-corrected chi connectivity index (χ4v) is 2.25. The maximum Gasteiger partial charge on any atom is 0.338 e. The zero-order valence-electron chi connectivity index (χ0n) is 14.4. The van der Waals surface area contributed by atoms with Gasteiger partial charge < -0.3 is 10.1 Å². The number of nitrogens with zero attached hydrogens (tertiary/aromatic N) is 1. The number of ketones is 1. The lowest BCUT2D eigenvalue weighted by Gasteiger charge is -2.07. The summed E-state index contributed by atoms with van der Waals surface area (Å²) < 4.78 is 18.8. The van der Waals surface area contributed by atoms with Crippen LogP contribution in [-0.2, 0) is 9.53 Å². The second-order valence-electron chi connectivity index (χ2n) is 5.63. The number of aryl methyl sites for hydroxylation is 1. The molecule has 9 heteroatoms. The summed E-state index contributed by atoms with van der Waals surface area (Å²) in [6.07, 6.45) is 0. The van der Waals surface area contributed by atoms with Crippen molar-refractivity contribution in [1.29, 1.82) is 0 Å². The second-order valence-corrected chi connectivity index (χ2v) is 5.63. The molecule has 0 saturated heterocycles. The third-order valence-electron chi connectivity index (χ3n) is 3.57. The van der Waals surface area contributed by atoms with E-state index in [2.05, 4.69) is 5.32 Å². The highest BCUT2D eigenvalue weighted by Crippen LogP contribution is 2.20. The number of carbonyl (C=O) groups is 3. The molecule has 0 heterocycles. The Hall–Kier alpha value is -3.62. The van der Waals surface area contributed by atoms with Crippen molar-refractivity contribution >= 4 is 29.0 Å². The first kappa shape index (κ1) is 19.7. The number of esters is 1. The largest absolute Gasteiger partial charge is 0.454 e. The number of hydrogen-bond donors (Lipinski definition) is 1. The number of Topliss-reactive ketones (excluding diaryl/α,β-unsaturated/α-hetero) is 1. The average Bonchev–Trinajstić information content (AvgIpc) is 2.59. The first-order valence-electron chi connectivity index (χ1n) is 7.71. The molecule has 0 atom stereocenters. The minimum atomic E-state index is -0.943. The molecule has 2 aromatic carbocycles. The van der Waals surface area contributed by atoms with Crippen LogP contribution in [0.3, 0.4) is 0 Å². The number of benzene rings is 2. The molecule has 1 N–H and O–H groups in total. The van der Waals surface area contributed by atoms with Gasteiger partial charge in [0.1, 0.15) is 5.82 Å². The number of amides is 1. The van der Waals surface area contributed by atoms with Gasteiger partial charge in [0, 0.05) is 24.2 Å². The molecule has 27 heavy (non-hydrogen) atoms. The van der Waals surface area contributed by atoms with Gasteiger partial charge in [-0.15, -0.1) is 0 Å². The molecule has 0 aromatic heterocycles. The molecule has 1 amide bonds. The summed E-state index contributed by atoms with van der Waals surface area (Å²) in [5.41, 5.74) is -0.113. The summed E-state index contributed by atoms with van der Waals surface area (Å²) in [5.74, 6) is -3.01. The van der Waals surface area contributed by atoms with E-state index in [0.29, 0.717) is 5.56 Å². The van der Waals surface area contributed by atoms with E-state index in [-0.39, 0.29) is 22.5 Å². The molecule has 0 fully saturated rings. The van der Waals surface area contributed by atoms with E-state index in [0.717, 1.165) is 18.2 Å². The second kappa shape index (κ2) is 8.17. The highest BCUT2D eigenvalue weighted by molar-refractivity contribution is 6.00. The van der Waals surface area contributed by atoms with Gasteiger partial charge in [-0.1, -0.05) is 6.07 Å². The summed E-state index contributed by atoms with van der Waals surface area (Å²) in [6, 6.07) is 7.23. The Kier molecular flexibility index (Phi) is 5.96. The number of anilines is 1.